The van der Waals surface area contributed by atoms with Gasteiger partial charge in [-0.1, -0.05) is 85.6 Å². The highest BCUT2D eigenvalue weighted by Gasteiger charge is 2.37. The largest absolute Gasteiger partial charge is 0.451 e. The van der Waals surface area contributed by atoms with E-state index in [1.807, 2.05) is 116 Å². The zero-order valence-electron chi connectivity index (χ0n) is 81.6. The number of thiazole rings is 2. The van der Waals surface area contributed by atoms with Gasteiger partial charge in [-0.25, -0.2) is 47.1 Å². The van der Waals surface area contributed by atoms with E-state index >= 15 is 8.78 Å². The number of allylic oxidation sites excluding steroid dienone is 1. The van der Waals surface area contributed by atoms with E-state index in [2.05, 4.69) is 106 Å². The number of halogens is 3. The van der Waals surface area contributed by atoms with Crippen LogP contribution in [0.1, 0.15) is 104 Å². The molecule has 5 saturated heterocycles. The van der Waals surface area contributed by atoms with Gasteiger partial charge < -0.3 is 60.0 Å². The normalized spacial score (nSPS) is 17.4. The number of rotatable bonds is 31. The van der Waals surface area contributed by atoms with Crippen LogP contribution in [0.5, 0.6) is 11.5 Å². The number of pyridine rings is 3. The molecule has 13 heterocycles. The fraction of sp³-hybridized carbons (Fsp3) is 0.381. The van der Waals surface area contributed by atoms with Crippen LogP contribution in [0.4, 0.5) is 60.5 Å². The first-order valence-electron chi connectivity index (χ1n) is 48.7. The number of hydrogen-bond donors (Lipinski definition) is 4. The van der Waals surface area contributed by atoms with Gasteiger partial charge in [-0.2, -0.15) is 9.97 Å². The molecule has 1 saturated carbocycles. The molecule has 0 radical (unpaired) electrons. The van der Waals surface area contributed by atoms with Crippen molar-refractivity contribution in [3.05, 3.63) is 274 Å². The lowest BCUT2D eigenvalue weighted by Crippen LogP contribution is -2.54. The standard InChI is InChI=1S/C37H45F2N7O3S.C37H40N6O4S2.C31H33ClN8O3S2/c1-23-20-45(21-24(2)41-23)33-10-9-28(18-32(33)39)42-37-40-19-27-17-29(25(3)26-11-14-49-15-12-26)36(47)46(35(27)43-37)22-30-31(38)7-6-8-34(30)50(48)16-13-44(4)5;1-25-7-2-5-11-31(25)47-32-20-27-21-38-34(19-26-12-14-28(15-13-26)42-18-17-41-16-6-8-29(41)22-42)40-35(27)43(37(32)44)23-33-36(39-24-48-33)49(45,46)30-9-3-4-10-30;1-38(23-6-4-3-5-7-23)27-16-21-18-34-31(36-22-8-9-26(24(32)17-22)39-12-10-33-11-13-39)37-28(21)40(29(27)41)19-25-30(44-20-35-25)45(42)15-14-43-2/h6-10,17-19,23-24,26,41H,3,11-16,20-22H2,1-2,4-5H3,(H,40,42,43);2,5,7,11-15,20-21,24,29-30H,3-4,6,8-10,16-19,22-23H2,1H3;3-9,16-18,20,33H,10-15,19H2,1-2H3,(H,34,36,37)/t23-,24+,50?;;. The van der Waals surface area contributed by atoms with E-state index in [9.17, 15) is 31.2 Å². The van der Waals surface area contributed by atoms with Crippen LogP contribution < -0.4 is 62.3 Å². The number of para-hydroxylation sites is 2. The van der Waals surface area contributed by atoms with Gasteiger partial charge in [-0.15, -0.1) is 22.7 Å². The van der Waals surface area contributed by atoms with E-state index in [1.54, 1.807) is 77.7 Å². The number of nitrogens with zero attached hydrogens (tertiary/aromatic N) is 17. The summed E-state index contributed by atoms with van der Waals surface area (Å²) in [5.41, 5.74) is 12.2. The Morgan fingerprint density at radius 3 is 2.00 bits per heavy atom. The Labute approximate surface area is 853 Å². The molecule has 6 aromatic carbocycles. The molecule has 0 bridgehead atoms. The smallest absolute Gasteiger partial charge is 0.295 e. The molecular formula is C105H118ClF2N21O10S5. The van der Waals surface area contributed by atoms with Crippen molar-refractivity contribution in [2.24, 2.45) is 5.92 Å². The molecule has 14 aromatic rings. The molecule has 5 atom stereocenters. The summed E-state index contributed by atoms with van der Waals surface area (Å²) in [5, 5.41) is 15.3. The van der Waals surface area contributed by atoms with E-state index in [-0.39, 0.29) is 82.5 Å². The average molecular weight is 2070 g/mol. The summed E-state index contributed by atoms with van der Waals surface area (Å²) >= 11 is 9.24. The Hall–Kier alpha value is -12.1. The second-order valence-electron chi connectivity index (χ2n) is 37.5. The van der Waals surface area contributed by atoms with E-state index in [0.29, 0.717) is 174 Å². The Morgan fingerprint density at radius 2 is 1.29 bits per heavy atom. The molecule has 39 heteroatoms. The Bertz CT molecular complexity index is 7360. The van der Waals surface area contributed by atoms with Gasteiger partial charge in [0.05, 0.1) is 96.8 Å². The maximum atomic E-state index is 15.6. The molecule has 6 fully saturated rings. The summed E-state index contributed by atoms with van der Waals surface area (Å²) in [6, 6.07) is 47.3. The molecule has 5 aliphatic heterocycles. The zero-order chi connectivity index (χ0) is 100. The highest BCUT2D eigenvalue weighted by Crippen LogP contribution is 2.39. The highest BCUT2D eigenvalue weighted by atomic mass is 35.5. The number of sulfone groups is 1. The first kappa shape index (κ1) is 102. The first-order chi connectivity index (χ1) is 69.7. The van der Waals surface area contributed by atoms with Crippen molar-refractivity contribution in [3.63, 3.8) is 0 Å². The number of anilines is 9. The molecule has 0 spiro atoms. The van der Waals surface area contributed by atoms with E-state index in [4.69, 9.17) is 40.8 Å². The number of piperazine rings is 3. The van der Waals surface area contributed by atoms with Crippen molar-refractivity contribution < 1.29 is 39.8 Å². The van der Waals surface area contributed by atoms with Gasteiger partial charge in [0.25, 0.3) is 16.7 Å². The lowest BCUT2D eigenvalue weighted by atomic mass is 9.88. The van der Waals surface area contributed by atoms with Crippen LogP contribution >= 0.6 is 34.3 Å². The third kappa shape index (κ3) is 23.5. The van der Waals surface area contributed by atoms with Gasteiger partial charge >= 0.3 is 0 Å². The Balaban J connectivity index is 0.000000142. The predicted molar refractivity (Wildman–Crippen MR) is 570 cm³/mol. The van der Waals surface area contributed by atoms with Crippen molar-refractivity contribution in [1.82, 2.24) is 74.0 Å². The van der Waals surface area contributed by atoms with Crippen LogP contribution in [0.25, 0.3) is 38.7 Å². The second-order valence-corrected chi connectivity index (χ2v) is 45.1. The van der Waals surface area contributed by atoms with Crippen LogP contribution in [-0.2, 0) is 67.0 Å². The minimum absolute atomic E-state index is 0.00562. The number of aryl methyl sites for hydroxylation is 1. The predicted octanol–water partition coefficient (Wildman–Crippen LogP) is 15.8. The Kier molecular flexibility index (Phi) is 32.7. The highest BCUT2D eigenvalue weighted by molar-refractivity contribution is 7.92. The lowest BCUT2D eigenvalue weighted by Gasteiger charge is -2.38. The van der Waals surface area contributed by atoms with Gasteiger partial charge in [0.15, 0.2) is 20.6 Å². The number of fused-ring (bicyclic) bond motifs is 4. The summed E-state index contributed by atoms with van der Waals surface area (Å²) in [6.45, 7) is 21.8. The van der Waals surface area contributed by atoms with Gasteiger partial charge in [-0.3, -0.25) is 41.4 Å². The first-order valence-corrected chi connectivity index (χ1v) is 55.0. The Morgan fingerprint density at radius 1 is 0.625 bits per heavy atom. The molecule has 8 aromatic heterocycles. The monoisotopic (exact) mass is 2070 g/mol. The molecular weight excluding hydrogens is 1950 g/mol. The molecule has 4 N–H and O–H groups in total. The van der Waals surface area contributed by atoms with Crippen molar-refractivity contribution in [2.45, 2.75) is 136 Å². The van der Waals surface area contributed by atoms with Gasteiger partial charge in [0.2, 0.25) is 11.9 Å². The van der Waals surface area contributed by atoms with Gasteiger partial charge in [-0.05, 0) is 200 Å². The maximum Gasteiger partial charge on any atom is 0.295 e. The minimum Gasteiger partial charge on any atom is -0.451 e. The molecule has 6 aliphatic rings. The van der Waals surface area contributed by atoms with E-state index < -0.39 is 48.1 Å². The van der Waals surface area contributed by atoms with Crippen molar-refractivity contribution in [2.75, 3.05) is 162 Å². The number of aromatic nitrogens is 11. The minimum atomic E-state index is -3.63. The number of hydrogen-bond acceptors (Lipinski definition) is 30. The number of methoxy groups -OCH3 is 1. The van der Waals surface area contributed by atoms with Crippen LogP contribution in [0.2, 0.25) is 5.02 Å². The summed E-state index contributed by atoms with van der Waals surface area (Å²) in [6.07, 6.45) is 12.6. The zero-order valence-corrected chi connectivity index (χ0v) is 86.4. The second kappa shape index (κ2) is 46.1. The molecule has 144 heavy (non-hydrogen) atoms. The number of ether oxygens (including phenoxy) is 3. The van der Waals surface area contributed by atoms with E-state index in [1.165, 1.54) is 75.1 Å². The third-order valence-electron chi connectivity index (χ3n) is 27.2. The molecule has 0 amide bonds. The van der Waals surface area contributed by atoms with Gasteiger partial charge in [0, 0.05) is 197 Å². The molecule has 3 unspecified atom stereocenters. The quantitative estimate of drug-likeness (QED) is 0.0313. The van der Waals surface area contributed by atoms with Crippen molar-refractivity contribution in [1.29, 1.82) is 0 Å². The summed E-state index contributed by atoms with van der Waals surface area (Å²) < 4.78 is 107. The van der Waals surface area contributed by atoms with Crippen LogP contribution in [0.15, 0.2) is 216 Å². The third-order valence-corrected chi connectivity index (χ3v) is 34.9. The van der Waals surface area contributed by atoms with Crippen LogP contribution in [0.3, 0.4) is 0 Å². The van der Waals surface area contributed by atoms with Crippen molar-refractivity contribution >= 4 is 156 Å². The lowest BCUT2D eigenvalue weighted by molar-refractivity contribution is 0.0808. The SMILES string of the molecule is C=C(c1cc2cnc(Nc3ccc(N4C[C@@H](C)N[C@@H](C)C4)c(F)c3)nc2n(Cc2c(F)cccc2S(=O)CCN(C)C)c1=O)C1CCOCC1.COCCS(=O)c1scnc1Cn1c(=O)c(N(C)c2ccccc2)cc2cnc(Nc3ccc(N4CCNCC4)c(Cl)c3)nc21.Cc1ccccc1Oc1cc2cnc(Cc3ccc(N4CCN5CCCC5C4)cc3)nc2n(Cc2scnc2S(=O)(=O)C2CCCC2)c1=O. The fourth-order valence-electron chi connectivity index (χ4n) is 19.6. The molecule has 31 nitrogen and oxygen atoms in total. The summed E-state index contributed by atoms with van der Waals surface area (Å²) in [5.74, 6) is 1.47. The maximum absolute atomic E-state index is 15.6. The molecule has 20 rings (SSSR count). The summed E-state index contributed by atoms with van der Waals surface area (Å²) in [4.78, 5) is 93.7. The molecule has 1 aliphatic carbocycles. The molecule has 754 valence electrons. The summed E-state index contributed by atoms with van der Waals surface area (Å²) in [7, 11) is 0.727. The van der Waals surface area contributed by atoms with Gasteiger partial charge in [0.1, 0.15) is 50.0 Å². The topological polar surface area (TPSA) is 333 Å². The van der Waals surface area contributed by atoms with E-state index in [0.717, 1.165) is 99.7 Å². The van der Waals surface area contributed by atoms with Crippen molar-refractivity contribution in [3.8, 4) is 11.5 Å². The van der Waals surface area contributed by atoms with Crippen LogP contribution in [0, 0.1) is 24.5 Å². The fourth-order valence-corrected chi connectivity index (χ4v) is 26.6. The average Bonchev–Trinajstić information content (AvgIpc) is 1.13. The number of benzene rings is 6. The van der Waals surface area contributed by atoms with Crippen LogP contribution in [-0.4, -0.2) is 235 Å². The number of nitrogens with one attached hydrogen (secondary N) is 4.